The molecule has 0 saturated carbocycles. The van der Waals surface area contributed by atoms with Crippen molar-refractivity contribution in [1.82, 2.24) is 15.1 Å². The molecule has 0 atom stereocenters. The molecule has 1 aromatic heterocycles. The van der Waals surface area contributed by atoms with Crippen LogP contribution in [0, 0.1) is 6.92 Å². The highest BCUT2D eigenvalue weighted by Gasteiger charge is 2.28. The lowest BCUT2D eigenvalue weighted by Gasteiger charge is -2.34. The molecule has 0 bridgehead atoms. The number of fused-ring (bicyclic) bond motifs is 1. The van der Waals surface area contributed by atoms with Gasteiger partial charge in [-0.15, -0.1) is 0 Å². The van der Waals surface area contributed by atoms with Crippen LogP contribution in [0.5, 0.6) is 0 Å². The summed E-state index contributed by atoms with van der Waals surface area (Å²) in [6.07, 6.45) is -0.514. The molecule has 9 nitrogen and oxygen atoms in total. The van der Waals surface area contributed by atoms with Crippen molar-refractivity contribution in [3.8, 4) is 0 Å². The minimum atomic E-state index is -0.821. The second kappa shape index (κ2) is 7.51. The van der Waals surface area contributed by atoms with Crippen molar-refractivity contribution in [2.75, 3.05) is 26.2 Å². The Labute approximate surface area is 160 Å². The van der Waals surface area contributed by atoms with Crippen molar-refractivity contribution in [3.63, 3.8) is 0 Å². The van der Waals surface area contributed by atoms with E-state index in [9.17, 15) is 14.4 Å². The first-order chi connectivity index (χ1) is 13.5. The second-order valence-electron chi connectivity index (χ2n) is 6.81. The SMILES string of the molecule is Cc1oc(=O)oc1COC(=O)N1CCN(C(=O)c2cccc3c2CNC3)CC1. The Hall–Kier alpha value is -3.07. The van der Waals surface area contributed by atoms with Crippen LogP contribution in [0.1, 0.15) is 33.0 Å². The molecule has 1 aromatic carbocycles. The maximum absolute atomic E-state index is 12.9. The van der Waals surface area contributed by atoms with Gasteiger partial charge in [0.25, 0.3) is 5.91 Å². The fraction of sp³-hybridized carbons (Fsp3) is 0.421. The normalized spacial score (nSPS) is 16.2. The van der Waals surface area contributed by atoms with E-state index >= 15 is 0 Å². The molecule has 1 N–H and O–H groups in total. The molecular weight excluding hydrogens is 366 g/mol. The monoisotopic (exact) mass is 387 g/mol. The van der Waals surface area contributed by atoms with Gasteiger partial charge in [0.15, 0.2) is 18.1 Å². The molecule has 0 radical (unpaired) electrons. The number of nitrogens with one attached hydrogen (secondary N) is 1. The van der Waals surface area contributed by atoms with Gasteiger partial charge in [-0.25, -0.2) is 9.59 Å². The summed E-state index contributed by atoms with van der Waals surface area (Å²) >= 11 is 0. The van der Waals surface area contributed by atoms with E-state index in [1.807, 2.05) is 18.2 Å². The summed E-state index contributed by atoms with van der Waals surface area (Å²) in [6.45, 7) is 4.51. The Morgan fingerprint density at radius 1 is 1.11 bits per heavy atom. The quantitative estimate of drug-likeness (QED) is 0.845. The molecular formula is C19H21N3O6. The first-order valence-electron chi connectivity index (χ1n) is 9.15. The molecule has 1 fully saturated rings. The Balaban J connectivity index is 1.32. The van der Waals surface area contributed by atoms with Gasteiger partial charge in [-0.3, -0.25) is 4.79 Å². The van der Waals surface area contributed by atoms with Crippen LogP contribution in [0.2, 0.25) is 0 Å². The van der Waals surface area contributed by atoms with Gasteiger partial charge >= 0.3 is 11.9 Å². The minimum absolute atomic E-state index is 0.00985. The molecule has 28 heavy (non-hydrogen) atoms. The average molecular weight is 387 g/mol. The van der Waals surface area contributed by atoms with Gasteiger partial charge in [0.05, 0.1) is 0 Å². The zero-order valence-electron chi connectivity index (χ0n) is 15.5. The van der Waals surface area contributed by atoms with Crippen LogP contribution in [0.4, 0.5) is 4.79 Å². The van der Waals surface area contributed by atoms with Crippen LogP contribution in [-0.2, 0) is 24.4 Å². The fourth-order valence-corrected chi connectivity index (χ4v) is 3.52. The van der Waals surface area contributed by atoms with Crippen LogP contribution >= 0.6 is 0 Å². The Bertz CT molecular complexity index is 955. The smallest absolute Gasteiger partial charge is 0.441 e. The molecule has 0 spiro atoms. The number of hydrogen-bond acceptors (Lipinski definition) is 7. The Morgan fingerprint density at radius 3 is 2.57 bits per heavy atom. The van der Waals surface area contributed by atoms with Crippen molar-refractivity contribution in [1.29, 1.82) is 0 Å². The highest BCUT2D eigenvalue weighted by atomic mass is 16.6. The summed E-state index contributed by atoms with van der Waals surface area (Å²) in [7, 11) is 0. The van der Waals surface area contributed by atoms with Gasteiger partial charge in [-0.05, 0) is 24.1 Å². The number of carbonyl (C=O) groups excluding carboxylic acids is 2. The average Bonchev–Trinajstić information content (AvgIpc) is 3.31. The maximum atomic E-state index is 12.9. The number of carbonyl (C=O) groups is 2. The number of hydrogen-bond donors (Lipinski definition) is 1. The number of rotatable bonds is 3. The molecule has 2 aliphatic rings. The fourth-order valence-electron chi connectivity index (χ4n) is 3.52. The molecule has 0 unspecified atom stereocenters. The van der Waals surface area contributed by atoms with E-state index in [0.29, 0.717) is 32.7 Å². The van der Waals surface area contributed by atoms with E-state index in [2.05, 4.69) is 5.32 Å². The van der Waals surface area contributed by atoms with Crippen LogP contribution in [-0.4, -0.2) is 48.0 Å². The first kappa shape index (κ1) is 18.3. The third-order valence-electron chi connectivity index (χ3n) is 5.11. The molecule has 148 valence electrons. The van der Waals surface area contributed by atoms with Crippen LogP contribution in [0.15, 0.2) is 31.8 Å². The molecule has 2 amide bonds. The van der Waals surface area contributed by atoms with Gasteiger partial charge < -0.3 is 28.7 Å². The number of piperazine rings is 1. The first-order valence-corrected chi connectivity index (χ1v) is 9.15. The zero-order chi connectivity index (χ0) is 19.7. The minimum Gasteiger partial charge on any atom is -0.441 e. The molecule has 3 heterocycles. The second-order valence-corrected chi connectivity index (χ2v) is 6.81. The Morgan fingerprint density at radius 2 is 1.86 bits per heavy atom. The standard InChI is InChI=1S/C19H21N3O6/c1-12-16(28-19(25)27-12)11-26-18(24)22-7-5-21(6-8-22)17(23)14-4-2-3-13-9-20-10-15(13)14/h2-4,20H,5-11H2,1H3. The number of aryl methyl sites for hydroxylation is 1. The largest absolute Gasteiger partial charge is 0.519 e. The summed E-state index contributed by atoms with van der Waals surface area (Å²) in [5.74, 6) is -0.348. The van der Waals surface area contributed by atoms with E-state index in [4.69, 9.17) is 13.6 Å². The number of nitrogens with zero attached hydrogens (tertiary/aromatic N) is 2. The highest BCUT2D eigenvalue weighted by Crippen LogP contribution is 2.22. The zero-order valence-corrected chi connectivity index (χ0v) is 15.5. The predicted octanol–water partition coefficient (Wildman–Crippen LogP) is 1.24. The van der Waals surface area contributed by atoms with E-state index in [1.54, 1.807) is 11.8 Å². The highest BCUT2D eigenvalue weighted by molar-refractivity contribution is 5.96. The summed E-state index contributed by atoms with van der Waals surface area (Å²) < 4.78 is 14.7. The molecule has 2 aliphatic heterocycles. The molecule has 2 aromatic rings. The van der Waals surface area contributed by atoms with Gasteiger partial charge in [0.1, 0.15) is 0 Å². The summed E-state index contributed by atoms with van der Waals surface area (Å²) in [5, 5.41) is 3.27. The maximum Gasteiger partial charge on any atom is 0.519 e. The number of benzene rings is 1. The third kappa shape index (κ3) is 3.53. The summed E-state index contributed by atoms with van der Waals surface area (Å²) in [4.78, 5) is 39.4. The van der Waals surface area contributed by atoms with Gasteiger partial charge in [-0.1, -0.05) is 12.1 Å². The third-order valence-corrected chi connectivity index (χ3v) is 5.11. The van der Waals surface area contributed by atoms with Crippen LogP contribution < -0.4 is 11.1 Å². The lowest BCUT2D eigenvalue weighted by molar-refractivity contribution is 0.0525. The number of amides is 2. The van der Waals surface area contributed by atoms with Gasteiger partial charge in [0.2, 0.25) is 0 Å². The van der Waals surface area contributed by atoms with Crippen LogP contribution in [0.3, 0.4) is 0 Å². The van der Waals surface area contributed by atoms with Crippen molar-refractivity contribution in [2.45, 2.75) is 26.6 Å². The van der Waals surface area contributed by atoms with Crippen molar-refractivity contribution in [3.05, 3.63) is 57.0 Å². The van der Waals surface area contributed by atoms with Gasteiger partial charge in [-0.2, -0.15) is 0 Å². The summed E-state index contributed by atoms with van der Waals surface area (Å²) in [6, 6.07) is 5.79. The number of ether oxygens (including phenoxy) is 1. The van der Waals surface area contributed by atoms with E-state index in [0.717, 1.165) is 23.2 Å². The predicted molar refractivity (Wildman–Crippen MR) is 96.6 cm³/mol. The molecule has 1 saturated heterocycles. The molecule has 0 aliphatic carbocycles. The van der Waals surface area contributed by atoms with E-state index < -0.39 is 11.9 Å². The molecule has 4 rings (SSSR count). The topological polar surface area (TPSA) is 105 Å². The van der Waals surface area contributed by atoms with Crippen LogP contribution in [0.25, 0.3) is 0 Å². The lowest BCUT2D eigenvalue weighted by atomic mass is 10.0. The summed E-state index contributed by atoms with van der Waals surface area (Å²) in [5.41, 5.74) is 2.95. The van der Waals surface area contributed by atoms with E-state index in [1.165, 1.54) is 4.90 Å². The van der Waals surface area contributed by atoms with Crippen molar-refractivity contribution < 1.29 is 23.2 Å². The van der Waals surface area contributed by atoms with Crippen molar-refractivity contribution in [2.24, 2.45) is 0 Å². The van der Waals surface area contributed by atoms with Crippen molar-refractivity contribution >= 4 is 12.0 Å². The lowest BCUT2D eigenvalue weighted by Crippen LogP contribution is -2.50. The van der Waals surface area contributed by atoms with Gasteiger partial charge in [0, 0.05) is 44.8 Å². The Kier molecular flexibility index (Phi) is 4.91. The molecule has 9 heteroatoms. The van der Waals surface area contributed by atoms with E-state index in [-0.39, 0.29) is 24.0 Å².